The molecule has 0 aliphatic rings. The predicted octanol–water partition coefficient (Wildman–Crippen LogP) is 1.79. The predicted molar refractivity (Wildman–Crippen MR) is 88.7 cm³/mol. The third-order valence-electron chi connectivity index (χ3n) is 2.83. The van der Waals surface area contributed by atoms with Crippen molar-refractivity contribution in [1.82, 2.24) is 0 Å². The Bertz CT molecular complexity index is 746. The van der Waals surface area contributed by atoms with Gasteiger partial charge < -0.3 is 9.47 Å². The van der Waals surface area contributed by atoms with Crippen LogP contribution in [0.1, 0.15) is 20.3 Å². The highest BCUT2D eigenvalue weighted by Crippen LogP contribution is 2.28. The molecule has 0 bridgehead atoms. The van der Waals surface area contributed by atoms with Gasteiger partial charge in [-0.15, -0.1) is 0 Å². The normalized spacial score (nSPS) is 10.8. The zero-order chi connectivity index (χ0) is 19.7. The fraction of sp³-hybridized carbons (Fsp3) is 0.357. The zero-order valence-corrected chi connectivity index (χ0v) is 14.0. The maximum absolute atomic E-state index is 11.8. The minimum Gasteiger partial charge on any atom is -0.466 e. The number of hydrogen-bond donors (Lipinski definition) is 1. The van der Waals surface area contributed by atoms with E-state index in [2.05, 4.69) is 10.5 Å². The van der Waals surface area contributed by atoms with Crippen molar-refractivity contribution in [3.63, 3.8) is 0 Å². The van der Waals surface area contributed by atoms with Gasteiger partial charge in [-0.3, -0.25) is 30.4 Å². The number of anilines is 1. The Balaban J connectivity index is 3.14. The number of nitrogens with one attached hydrogen (secondary N) is 1. The molecule has 0 heterocycles. The summed E-state index contributed by atoms with van der Waals surface area (Å²) >= 11 is 0. The van der Waals surface area contributed by atoms with Gasteiger partial charge in [0.05, 0.1) is 35.5 Å². The molecule has 12 nitrogen and oxygen atoms in total. The van der Waals surface area contributed by atoms with Crippen molar-refractivity contribution in [2.75, 3.05) is 18.6 Å². The molecule has 0 saturated heterocycles. The average Bonchev–Trinajstić information content (AvgIpc) is 2.58. The van der Waals surface area contributed by atoms with Crippen LogP contribution in [0.4, 0.5) is 17.1 Å². The van der Waals surface area contributed by atoms with Gasteiger partial charge in [0, 0.05) is 6.07 Å². The lowest BCUT2D eigenvalue weighted by Gasteiger charge is -2.07. The summed E-state index contributed by atoms with van der Waals surface area (Å²) in [6, 6.07) is 2.83. The SMILES string of the molecule is CCOC(=O)C/C(=N/Nc1ccc([N+](=O)[O-])cc1[N+](=O)[O-])C(=O)OCC. The van der Waals surface area contributed by atoms with Gasteiger partial charge >= 0.3 is 17.6 Å². The number of hydrogen-bond acceptors (Lipinski definition) is 10. The second-order valence-electron chi connectivity index (χ2n) is 4.59. The summed E-state index contributed by atoms with van der Waals surface area (Å²) in [7, 11) is 0. The molecule has 0 aliphatic heterocycles. The highest BCUT2D eigenvalue weighted by molar-refractivity contribution is 6.39. The van der Waals surface area contributed by atoms with Crippen LogP contribution < -0.4 is 5.43 Å². The van der Waals surface area contributed by atoms with Gasteiger partial charge in [-0.2, -0.15) is 5.10 Å². The van der Waals surface area contributed by atoms with Gasteiger partial charge in [0.1, 0.15) is 5.69 Å². The minimum atomic E-state index is -0.905. The Kier molecular flexibility index (Phi) is 7.61. The molecular weight excluding hydrogens is 352 g/mol. The first-order chi connectivity index (χ1) is 12.3. The van der Waals surface area contributed by atoms with Gasteiger partial charge in [0.15, 0.2) is 5.71 Å². The number of esters is 2. The van der Waals surface area contributed by atoms with Crippen LogP contribution in [0.15, 0.2) is 23.3 Å². The van der Waals surface area contributed by atoms with E-state index in [9.17, 15) is 29.8 Å². The van der Waals surface area contributed by atoms with Gasteiger partial charge in [-0.25, -0.2) is 4.79 Å². The molecular formula is C14H16N4O8. The molecule has 0 aliphatic carbocycles. The van der Waals surface area contributed by atoms with E-state index in [1.165, 1.54) is 0 Å². The Morgan fingerprint density at radius 3 is 2.31 bits per heavy atom. The first-order valence-corrected chi connectivity index (χ1v) is 7.38. The standard InChI is InChI=1S/C14H16N4O8/c1-3-25-13(19)8-11(14(20)26-4-2)16-15-10-6-5-9(17(21)22)7-12(10)18(23)24/h5-7,15H,3-4,8H2,1-2H3/b16-11-. The lowest BCUT2D eigenvalue weighted by atomic mass is 10.2. The Morgan fingerprint density at radius 1 is 1.12 bits per heavy atom. The number of rotatable bonds is 9. The van der Waals surface area contributed by atoms with E-state index < -0.39 is 39.6 Å². The number of carbonyl (C=O) groups excluding carboxylic acids is 2. The molecule has 0 atom stereocenters. The van der Waals surface area contributed by atoms with Crippen LogP contribution in [0.5, 0.6) is 0 Å². The Morgan fingerprint density at radius 2 is 1.77 bits per heavy atom. The Hall–Kier alpha value is -3.57. The number of nitro groups is 2. The van der Waals surface area contributed by atoms with E-state index in [0.29, 0.717) is 0 Å². The van der Waals surface area contributed by atoms with Crippen LogP contribution in [-0.4, -0.2) is 40.7 Å². The van der Waals surface area contributed by atoms with Crippen molar-refractivity contribution in [2.24, 2.45) is 5.10 Å². The van der Waals surface area contributed by atoms with Crippen molar-refractivity contribution < 1.29 is 28.9 Å². The molecule has 0 fully saturated rings. The molecule has 0 radical (unpaired) electrons. The average molecular weight is 368 g/mol. The van der Waals surface area contributed by atoms with Crippen LogP contribution in [-0.2, 0) is 19.1 Å². The summed E-state index contributed by atoms with van der Waals surface area (Å²) in [5, 5.41) is 25.5. The summed E-state index contributed by atoms with van der Waals surface area (Å²) in [4.78, 5) is 43.5. The molecule has 0 spiro atoms. The molecule has 0 saturated carbocycles. The van der Waals surface area contributed by atoms with Crippen molar-refractivity contribution in [2.45, 2.75) is 20.3 Å². The van der Waals surface area contributed by atoms with Crippen LogP contribution >= 0.6 is 0 Å². The summed E-state index contributed by atoms with van der Waals surface area (Å²) in [5.41, 5.74) is 0.591. The number of hydrazone groups is 1. The number of nitrogens with zero attached hydrogens (tertiary/aromatic N) is 3. The third-order valence-corrected chi connectivity index (χ3v) is 2.83. The highest BCUT2D eigenvalue weighted by Gasteiger charge is 2.21. The highest BCUT2D eigenvalue weighted by atomic mass is 16.6. The summed E-state index contributed by atoms with van der Waals surface area (Å²) in [6.45, 7) is 3.25. The third kappa shape index (κ3) is 5.81. The van der Waals surface area contributed by atoms with Crippen LogP contribution in [0, 0.1) is 20.2 Å². The van der Waals surface area contributed by atoms with Crippen molar-refractivity contribution in [1.29, 1.82) is 0 Å². The number of ether oxygens (including phenoxy) is 2. The molecule has 1 aromatic carbocycles. The van der Waals surface area contributed by atoms with Crippen LogP contribution in [0.2, 0.25) is 0 Å². The van der Waals surface area contributed by atoms with Gasteiger partial charge in [-0.05, 0) is 19.9 Å². The minimum absolute atomic E-state index is 0.0261. The second-order valence-corrected chi connectivity index (χ2v) is 4.59. The van der Waals surface area contributed by atoms with E-state index in [1.807, 2.05) is 0 Å². The van der Waals surface area contributed by atoms with Gasteiger partial charge in [0.2, 0.25) is 0 Å². The lowest BCUT2D eigenvalue weighted by Crippen LogP contribution is -2.23. The number of carbonyl (C=O) groups is 2. The fourth-order valence-electron chi connectivity index (χ4n) is 1.73. The molecule has 0 aromatic heterocycles. The molecule has 1 rings (SSSR count). The smallest absolute Gasteiger partial charge is 0.355 e. The molecule has 0 unspecified atom stereocenters. The van der Waals surface area contributed by atoms with Gasteiger partial charge in [0.25, 0.3) is 5.69 Å². The van der Waals surface area contributed by atoms with E-state index >= 15 is 0 Å². The zero-order valence-electron chi connectivity index (χ0n) is 14.0. The van der Waals surface area contributed by atoms with Crippen molar-refractivity contribution in [3.05, 3.63) is 38.4 Å². The van der Waals surface area contributed by atoms with E-state index in [4.69, 9.17) is 9.47 Å². The lowest BCUT2D eigenvalue weighted by molar-refractivity contribution is -0.393. The fourth-order valence-corrected chi connectivity index (χ4v) is 1.73. The number of nitro benzene ring substituents is 2. The summed E-state index contributed by atoms with van der Waals surface area (Å²) < 4.78 is 9.48. The second kappa shape index (κ2) is 9.66. The largest absolute Gasteiger partial charge is 0.466 e. The maximum Gasteiger partial charge on any atom is 0.355 e. The van der Waals surface area contributed by atoms with E-state index in [0.717, 1.165) is 18.2 Å². The topological polar surface area (TPSA) is 163 Å². The summed E-state index contributed by atoms with van der Waals surface area (Å²) in [6.07, 6.45) is -0.513. The van der Waals surface area contributed by atoms with Crippen LogP contribution in [0.3, 0.4) is 0 Å². The van der Waals surface area contributed by atoms with Crippen molar-refractivity contribution >= 4 is 34.7 Å². The molecule has 0 amide bonds. The quantitative estimate of drug-likeness (QED) is 0.296. The first-order valence-electron chi connectivity index (χ1n) is 7.38. The molecule has 140 valence electrons. The Labute approximate surface area is 147 Å². The molecule has 1 aromatic rings. The maximum atomic E-state index is 11.8. The molecule has 1 N–H and O–H groups in total. The molecule has 12 heteroatoms. The first kappa shape index (κ1) is 20.5. The monoisotopic (exact) mass is 368 g/mol. The van der Waals surface area contributed by atoms with E-state index in [-0.39, 0.29) is 24.6 Å². The van der Waals surface area contributed by atoms with E-state index in [1.54, 1.807) is 13.8 Å². The summed E-state index contributed by atoms with van der Waals surface area (Å²) in [5.74, 6) is -1.64. The number of non-ortho nitro benzene ring substituents is 1. The van der Waals surface area contributed by atoms with Crippen molar-refractivity contribution in [3.8, 4) is 0 Å². The van der Waals surface area contributed by atoms with Crippen LogP contribution in [0.25, 0.3) is 0 Å². The number of benzene rings is 1. The van der Waals surface area contributed by atoms with Gasteiger partial charge in [-0.1, -0.05) is 0 Å². The molecule has 26 heavy (non-hydrogen) atoms.